The highest BCUT2D eigenvalue weighted by molar-refractivity contribution is 5.64. The van der Waals surface area contributed by atoms with E-state index in [9.17, 15) is 0 Å². The SMILES string of the molecule is COc1ccc(-c2cccc3nc([C@@H]4CNCCN4C)cn23)cc1. The van der Waals surface area contributed by atoms with Crippen molar-refractivity contribution in [3.05, 3.63) is 54.4 Å². The van der Waals surface area contributed by atoms with E-state index in [2.05, 4.69) is 58.2 Å². The van der Waals surface area contributed by atoms with Crippen molar-refractivity contribution in [2.24, 2.45) is 0 Å². The number of methoxy groups -OCH3 is 1. The number of benzene rings is 1. The maximum absolute atomic E-state index is 5.26. The molecule has 3 heterocycles. The molecule has 0 bridgehead atoms. The van der Waals surface area contributed by atoms with Gasteiger partial charge in [0.1, 0.15) is 11.4 Å². The van der Waals surface area contributed by atoms with Crippen LogP contribution in [-0.4, -0.2) is 48.1 Å². The second-order valence-corrected chi connectivity index (χ2v) is 6.23. The molecule has 2 aromatic heterocycles. The quantitative estimate of drug-likeness (QED) is 0.805. The first-order chi connectivity index (χ1) is 11.8. The van der Waals surface area contributed by atoms with Crippen LogP contribution < -0.4 is 10.1 Å². The van der Waals surface area contributed by atoms with Crippen LogP contribution in [0.25, 0.3) is 16.9 Å². The molecule has 0 unspecified atom stereocenters. The third kappa shape index (κ3) is 2.66. The Bertz CT molecular complexity index is 840. The Kier molecular flexibility index (Phi) is 3.96. The molecule has 0 radical (unpaired) electrons. The summed E-state index contributed by atoms with van der Waals surface area (Å²) in [5, 5.41) is 3.46. The number of hydrogen-bond acceptors (Lipinski definition) is 4. The fourth-order valence-electron chi connectivity index (χ4n) is 3.32. The molecule has 0 saturated carbocycles. The maximum atomic E-state index is 5.26. The maximum Gasteiger partial charge on any atom is 0.137 e. The molecule has 3 aromatic rings. The average molecular weight is 322 g/mol. The van der Waals surface area contributed by atoms with E-state index >= 15 is 0 Å². The van der Waals surface area contributed by atoms with Crippen molar-refractivity contribution in [3.63, 3.8) is 0 Å². The summed E-state index contributed by atoms with van der Waals surface area (Å²) in [7, 11) is 3.85. The first-order valence-corrected chi connectivity index (χ1v) is 8.29. The summed E-state index contributed by atoms with van der Waals surface area (Å²) in [4.78, 5) is 7.23. The number of fused-ring (bicyclic) bond motifs is 1. The van der Waals surface area contributed by atoms with E-state index in [1.807, 2.05) is 12.1 Å². The molecule has 0 aliphatic carbocycles. The van der Waals surface area contributed by atoms with Gasteiger partial charge < -0.3 is 10.1 Å². The van der Waals surface area contributed by atoms with Gasteiger partial charge in [0, 0.05) is 25.8 Å². The summed E-state index contributed by atoms with van der Waals surface area (Å²) in [5.74, 6) is 0.868. The molecule has 24 heavy (non-hydrogen) atoms. The lowest BCUT2D eigenvalue weighted by Gasteiger charge is -2.31. The van der Waals surface area contributed by atoms with Crippen LogP contribution in [0.3, 0.4) is 0 Å². The molecule has 1 saturated heterocycles. The molecule has 124 valence electrons. The number of piperazine rings is 1. The van der Waals surface area contributed by atoms with E-state index in [-0.39, 0.29) is 0 Å². The molecule has 1 aliphatic heterocycles. The van der Waals surface area contributed by atoms with Crippen LogP contribution in [0.1, 0.15) is 11.7 Å². The molecule has 1 N–H and O–H groups in total. The van der Waals surface area contributed by atoms with Gasteiger partial charge in [0.2, 0.25) is 0 Å². The Morgan fingerprint density at radius 3 is 2.75 bits per heavy atom. The van der Waals surface area contributed by atoms with Gasteiger partial charge in [-0.25, -0.2) is 4.98 Å². The topological polar surface area (TPSA) is 41.8 Å². The van der Waals surface area contributed by atoms with E-state index in [1.54, 1.807) is 7.11 Å². The number of rotatable bonds is 3. The van der Waals surface area contributed by atoms with Crippen LogP contribution in [0.4, 0.5) is 0 Å². The highest BCUT2D eigenvalue weighted by Crippen LogP contribution is 2.26. The van der Waals surface area contributed by atoms with Crippen LogP contribution in [0.15, 0.2) is 48.7 Å². The largest absolute Gasteiger partial charge is 0.497 e. The van der Waals surface area contributed by atoms with Gasteiger partial charge in [0.05, 0.1) is 24.5 Å². The highest BCUT2D eigenvalue weighted by Gasteiger charge is 2.23. The summed E-state index contributed by atoms with van der Waals surface area (Å²) < 4.78 is 7.44. The monoisotopic (exact) mass is 322 g/mol. The van der Waals surface area contributed by atoms with Gasteiger partial charge in [-0.1, -0.05) is 6.07 Å². The number of imidazole rings is 1. The zero-order chi connectivity index (χ0) is 16.5. The van der Waals surface area contributed by atoms with Crippen LogP contribution in [-0.2, 0) is 0 Å². The van der Waals surface area contributed by atoms with Crippen molar-refractivity contribution in [2.75, 3.05) is 33.8 Å². The number of nitrogens with zero attached hydrogens (tertiary/aromatic N) is 3. The van der Waals surface area contributed by atoms with Crippen molar-refractivity contribution in [1.82, 2.24) is 19.6 Å². The molecule has 1 fully saturated rings. The molecule has 4 rings (SSSR count). The molecule has 0 spiro atoms. The standard InChI is InChI=1S/C19H22N4O/c1-22-11-10-20-12-18(22)16-13-23-17(4-3-5-19(23)21-16)14-6-8-15(24-2)9-7-14/h3-9,13,18,20H,10-12H2,1-2H3/t18-/m0/s1. The first-order valence-electron chi connectivity index (χ1n) is 8.29. The molecular weight excluding hydrogens is 300 g/mol. The minimum Gasteiger partial charge on any atom is -0.497 e. The molecule has 5 heteroatoms. The van der Waals surface area contributed by atoms with E-state index < -0.39 is 0 Å². The van der Waals surface area contributed by atoms with Crippen LogP contribution >= 0.6 is 0 Å². The Morgan fingerprint density at radius 2 is 2.00 bits per heavy atom. The Hall–Kier alpha value is -2.37. The number of ether oxygens (including phenoxy) is 1. The fraction of sp³-hybridized carbons (Fsp3) is 0.316. The molecule has 1 aromatic carbocycles. The summed E-state index contributed by atoms with van der Waals surface area (Å²) >= 11 is 0. The van der Waals surface area contributed by atoms with Gasteiger partial charge in [-0.2, -0.15) is 0 Å². The second kappa shape index (κ2) is 6.26. The number of aromatic nitrogens is 2. The van der Waals surface area contributed by atoms with Crippen LogP contribution in [0.5, 0.6) is 5.75 Å². The van der Waals surface area contributed by atoms with Gasteiger partial charge in [-0.05, 0) is 49.0 Å². The molecular formula is C19H22N4O. The van der Waals surface area contributed by atoms with E-state index in [1.165, 1.54) is 0 Å². The van der Waals surface area contributed by atoms with Gasteiger partial charge in [0.25, 0.3) is 0 Å². The minimum atomic E-state index is 0.322. The van der Waals surface area contributed by atoms with Gasteiger partial charge in [-0.3, -0.25) is 9.30 Å². The minimum absolute atomic E-state index is 0.322. The third-order valence-electron chi connectivity index (χ3n) is 4.75. The van der Waals surface area contributed by atoms with Gasteiger partial charge in [-0.15, -0.1) is 0 Å². The van der Waals surface area contributed by atoms with Crippen molar-refractivity contribution >= 4 is 5.65 Å². The van der Waals surface area contributed by atoms with Gasteiger partial charge >= 0.3 is 0 Å². The molecule has 5 nitrogen and oxygen atoms in total. The molecule has 1 aliphatic rings. The third-order valence-corrected chi connectivity index (χ3v) is 4.75. The average Bonchev–Trinajstić information content (AvgIpc) is 3.06. The number of nitrogens with one attached hydrogen (secondary N) is 1. The van der Waals surface area contributed by atoms with E-state index in [4.69, 9.17) is 9.72 Å². The summed E-state index contributed by atoms with van der Waals surface area (Å²) in [6.45, 7) is 3.03. The normalized spacial score (nSPS) is 18.8. The smallest absolute Gasteiger partial charge is 0.137 e. The predicted molar refractivity (Wildman–Crippen MR) is 95.4 cm³/mol. The second-order valence-electron chi connectivity index (χ2n) is 6.23. The Labute approximate surface area is 141 Å². The zero-order valence-electron chi connectivity index (χ0n) is 14.1. The van der Waals surface area contributed by atoms with Crippen molar-refractivity contribution in [3.8, 4) is 17.0 Å². The number of hydrogen-bond donors (Lipinski definition) is 1. The van der Waals surface area contributed by atoms with Crippen LogP contribution in [0.2, 0.25) is 0 Å². The molecule has 1 atom stereocenters. The van der Waals surface area contributed by atoms with Gasteiger partial charge in [0.15, 0.2) is 0 Å². The summed E-state index contributed by atoms with van der Waals surface area (Å²) in [6, 6.07) is 14.7. The number of likely N-dealkylation sites (N-methyl/N-ethyl adjacent to an activating group) is 1. The Balaban J connectivity index is 1.76. The van der Waals surface area contributed by atoms with E-state index in [0.717, 1.165) is 48.0 Å². The first kappa shape index (κ1) is 15.2. The summed E-state index contributed by atoms with van der Waals surface area (Å²) in [6.07, 6.45) is 2.17. The van der Waals surface area contributed by atoms with Crippen molar-refractivity contribution in [1.29, 1.82) is 0 Å². The predicted octanol–water partition coefficient (Wildman–Crippen LogP) is 2.59. The lowest BCUT2D eigenvalue weighted by atomic mass is 10.1. The van der Waals surface area contributed by atoms with Crippen LogP contribution in [0, 0.1) is 0 Å². The van der Waals surface area contributed by atoms with Crippen molar-refractivity contribution < 1.29 is 4.74 Å². The summed E-state index contributed by atoms with van der Waals surface area (Å²) in [5.41, 5.74) is 4.39. The number of pyridine rings is 1. The fourth-order valence-corrected chi connectivity index (χ4v) is 3.32. The lowest BCUT2D eigenvalue weighted by molar-refractivity contribution is 0.199. The Morgan fingerprint density at radius 1 is 1.17 bits per heavy atom. The van der Waals surface area contributed by atoms with Crippen molar-refractivity contribution in [2.45, 2.75) is 6.04 Å². The highest BCUT2D eigenvalue weighted by atomic mass is 16.5. The van der Waals surface area contributed by atoms with E-state index in [0.29, 0.717) is 6.04 Å². The molecule has 0 amide bonds. The lowest BCUT2D eigenvalue weighted by Crippen LogP contribution is -2.43. The zero-order valence-corrected chi connectivity index (χ0v) is 14.1.